The Bertz CT molecular complexity index is 503. The molecule has 0 bridgehead atoms. The molecule has 0 spiro atoms. The van der Waals surface area contributed by atoms with E-state index < -0.39 is 0 Å². The van der Waals surface area contributed by atoms with E-state index >= 15 is 0 Å². The van der Waals surface area contributed by atoms with Crippen LogP contribution < -0.4 is 10.6 Å². The van der Waals surface area contributed by atoms with Gasteiger partial charge in [-0.25, -0.2) is 0 Å². The lowest BCUT2D eigenvalue weighted by molar-refractivity contribution is 0.0901. The number of benzene rings is 1. The van der Waals surface area contributed by atoms with E-state index in [0.717, 1.165) is 12.8 Å². The van der Waals surface area contributed by atoms with Gasteiger partial charge in [-0.3, -0.25) is 9.59 Å². The van der Waals surface area contributed by atoms with Crippen LogP contribution in [0.15, 0.2) is 24.3 Å². The first-order valence-corrected chi connectivity index (χ1v) is 8.91. The number of carbonyl (C=O) groups excluding carboxylic acids is 2. The zero-order valence-electron chi connectivity index (χ0n) is 15.8. The highest BCUT2D eigenvalue weighted by atomic mass is 16.2. The normalized spacial score (nSPS) is 13.7. The van der Waals surface area contributed by atoms with Crippen LogP contribution in [0, 0.1) is 11.8 Å². The fraction of sp³-hybridized carbons (Fsp3) is 0.600. The summed E-state index contributed by atoms with van der Waals surface area (Å²) >= 11 is 0. The molecule has 0 unspecified atom stereocenters. The van der Waals surface area contributed by atoms with Crippen molar-refractivity contribution in [3.63, 3.8) is 0 Å². The van der Waals surface area contributed by atoms with E-state index in [2.05, 4.69) is 38.3 Å². The summed E-state index contributed by atoms with van der Waals surface area (Å²) in [6, 6.07) is 7.15. The molecule has 2 N–H and O–H groups in total. The highest BCUT2D eigenvalue weighted by Crippen LogP contribution is 2.12. The number of nitrogens with one attached hydrogen (secondary N) is 2. The number of hydrogen-bond acceptors (Lipinski definition) is 2. The molecule has 0 aliphatic heterocycles. The second kappa shape index (κ2) is 9.45. The Labute approximate surface area is 146 Å². The molecular formula is C20H32N2O2. The van der Waals surface area contributed by atoms with Crippen molar-refractivity contribution >= 4 is 11.8 Å². The second-order valence-electron chi connectivity index (χ2n) is 7.55. The molecule has 0 aliphatic rings. The highest BCUT2D eigenvalue weighted by molar-refractivity contribution is 6.07. The van der Waals surface area contributed by atoms with Crippen molar-refractivity contribution in [2.45, 2.75) is 66.5 Å². The van der Waals surface area contributed by atoms with Crippen molar-refractivity contribution in [2.24, 2.45) is 11.8 Å². The second-order valence-corrected chi connectivity index (χ2v) is 7.55. The van der Waals surface area contributed by atoms with Crippen molar-refractivity contribution in [1.82, 2.24) is 10.6 Å². The number of amides is 2. The summed E-state index contributed by atoms with van der Waals surface area (Å²) < 4.78 is 0. The van der Waals surface area contributed by atoms with Gasteiger partial charge in [-0.15, -0.1) is 0 Å². The monoisotopic (exact) mass is 332 g/mol. The van der Waals surface area contributed by atoms with Crippen molar-refractivity contribution in [2.75, 3.05) is 0 Å². The van der Waals surface area contributed by atoms with Gasteiger partial charge in [0.25, 0.3) is 11.8 Å². The molecule has 2 atom stereocenters. The maximum absolute atomic E-state index is 12.5. The van der Waals surface area contributed by atoms with Crippen LogP contribution in [-0.4, -0.2) is 23.9 Å². The van der Waals surface area contributed by atoms with Gasteiger partial charge in [0.05, 0.1) is 11.1 Å². The summed E-state index contributed by atoms with van der Waals surface area (Å²) in [5.74, 6) is 0.641. The van der Waals surface area contributed by atoms with E-state index in [1.165, 1.54) is 0 Å². The molecule has 1 rings (SSSR count). The first-order chi connectivity index (χ1) is 11.2. The zero-order valence-corrected chi connectivity index (χ0v) is 15.8. The molecule has 0 saturated heterocycles. The maximum Gasteiger partial charge on any atom is 0.252 e. The fourth-order valence-electron chi connectivity index (χ4n) is 3.01. The topological polar surface area (TPSA) is 58.2 Å². The van der Waals surface area contributed by atoms with E-state index in [1.807, 2.05) is 13.8 Å². The molecule has 0 heterocycles. The Morgan fingerprint density at radius 1 is 0.750 bits per heavy atom. The molecule has 4 heteroatoms. The van der Waals surface area contributed by atoms with Crippen LogP contribution in [0.3, 0.4) is 0 Å². The van der Waals surface area contributed by atoms with Gasteiger partial charge in [-0.2, -0.15) is 0 Å². The van der Waals surface area contributed by atoms with Gasteiger partial charge < -0.3 is 10.6 Å². The largest absolute Gasteiger partial charge is 0.350 e. The van der Waals surface area contributed by atoms with Gasteiger partial charge in [-0.1, -0.05) is 39.8 Å². The average Bonchev–Trinajstić information content (AvgIpc) is 2.45. The molecule has 0 radical (unpaired) electrons. The number of hydrogen-bond donors (Lipinski definition) is 2. The Balaban J connectivity index is 2.83. The van der Waals surface area contributed by atoms with E-state index in [9.17, 15) is 9.59 Å². The minimum atomic E-state index is -0.189. The number of carbonyl (C=O) groups is 2. The molecule has 0 aliphatic carbocycles. The summed E-state index contributed by atoms with van der Waals surface area (Å²) in [4.78, 5) is 25.1. The molecule has 0 fully saturated rings. The van der Waals surface area contributed by atoms with Crippen LogP contribution >= 0.6 is 0 Å². The summed E-state index contributed by atoms with van der Waals surface area (Å²) in [6.07, 6.45) is 1.82. The SMILES string of the molecule is CC(C)C[C@@H](C)NC(=O)c1ccccc1C(=O)N[C@@H](C)CC(C)C. The van der Waals surface area contributed by atoms with Crippen LogP contribution in [0.2, 0.25) is 0 Å². The third-order valence-electron chi connectivity index (χ3n) is 3.82. The van der Waals surface area contributed by atoms with E-state index in [1.54, 1.807) is 24.3 Å². The molecule has 4 nitrogen and oxygen atoms in total. The van der Waals surface area contributed by atoms with Crippen molar-refractivity contribution in [1.29, 1.82) is 0 Å². The first kappa shape index (κ1) is 20.2. The minimum absolute atomic E-state index is 0.0773. The quantitative estimate of drug-likeness (QED) is 0.755. The van der Waals surface area contributed by atoms with E-state index in [0.29, 0.717) is 23.0 Å². The lowest BCUT2D eigenvalue weighted by atomic mass is 10.0. The van der Waals surface area contributed by atoms with Crippen LogP contribution in [0.4, 0.5) is 0 Å². The van der Waals surface area contributed by atoms with Crippen LogP contribution in [-0.2, 0) is 0 Å². The molecule has 1 aromatic rings. The molecule has 24 heavy (non-hydrogen) atoms. The van der Waals surface area contributed by atoms with Gasteiger partial charge >= 0.3 is 0 Å². The van der Waals surface area contributed by atoms with Crippen LogP contribution in [0.1, 0.15) is 75.1 Å². The Morgan fingerprint density at radius 3 is 1.38 bits per heavy atom. The third kappa shape index (κ3) is 6.73. The minimum Gasteiger partial charge on any atom is -0.350 e. The van der Waals surface area contributed by atoms with E-state index in [4.69, 9.17) is 0 Å². The molecule has 0 saturated carbocycles. The van der Waals surface area contributed by atoms with E-state index in [-0.39, 0.29) is 23.9 Å². The van der Waals surface area contributed by atoms with Crippen LogP contribution in [0.25, 0.3) is 0 Å². The average molecular weight is 332 g/mol. The van der Waals surface area contributed by atoms with Gasteiger partial charge in [0, 0.05) is 12.1 Å². The van der Waals surface area contributed by atoms with Crippen molar-refractivity contribution < 1.29 is 9.59 Å². The molecule has 134 valence electrons. The van der Waals surface area contributed by atoms with Crippen molar-refractivity contribution in [3.05, 3.63) is 35.4 Å². The summed E-state index contributed by atoms with van der Waals surface area (Å²) in [7, 11) is 0. The lowest BCUT2D eigenvalue weighted by Crippen LogP contribution is -2.37. The molecule has 2 amide bonds. The summed E-state index contributed by atoms with van der Waals surface area (Å²) in [6.45, 7) is 12.5. The zero-order chi connectivity index (χ0) is 18.3. The number of rotatable bonds is 8. The van der Waals surface area contributed by atoms with Gasteiger partial charge in [-0.05, 0) is 50.7 Å². The van der Waals surface area contributed by atoms with Crippen molar-refractivity contribution in [3.8, 4) is 0 Å². The standard InChI is InChI=1S/C20H32N2O2/c1-13(2)11-15(5)21-19(23)17-9-7-8-10-18(17)20(24)22-16(6)12-14(3)4/h7-10,13-16H,11-12H2,1-6H3,(H,21,23)(H,22,24)/t15-,16+. The molecular weight excluding hydrogens is 300 g/mol. The maximum atomic E-state index is 12.5. The predicted molar refractivity (Wildman–Crippen MR) is 99.2 cm³/mol. The predicted octanol–water partition coefficient (Wildman–Crippen LogP) is 4.02. The lowest BCUT2D eigenvalue weighted by Gasteiger charge is -2.19. The third-order valence-corrected chi connectivity index (χ3v) is 3.82. The van der Waals surface area contributed by atoms with Crippen LogP contribution in [0.5, 0.6) is 0 Å². The fourth-order valence-corrected chi connectivity index (χ4v) is 3.01. The molecule has 0 aromatic heterocycles. The van der Waals surface area contributed by atoms with Gasteiger partial charge in [0.15, 0.2) is 0 Å². The van der Waals surface area contributed by atoms with Gasteiger partial charge in [0.2, 0.25) is 0 Å². The first-order valence-electron chi connectivity index (χ1n) is 8.91. The Hall–Kier alpha value is -1.84. The Morgan fingerprint density at radius 2 is 1.08 bits per heavy atom. The molecule has 1 aromatic carbocycles. The summed E-state index contributed by atoms with van der Waals surface area (Å²) in [5, 5.41) is 5.98. The smallest absolute Gasteiger partial charge is 0.252 e. The Kier molecular flexibility index (Phi) is 7.96. The van der Waals surface area contributed by atoms with Gasteiger partial charge in [0.1, 0.15) is 0 Å². The summed E-state index contributed by atoms with van der Waals surface area (Å²) in [5.41, 5.74) is 0.865. The highest BCUT2D eigenvalue weighted by Gasteiger charge is 2.19.